The lowest BCUT2D eigenvalue weighted by atomic mass is 10.1. The molecule has 4 nitrogen and oxygen atoms in total. The summed E-state index contributed by atoms with van der Waals surface area (Å²) < 4.78 is 0. The molecule has 0 radical (unpaired) electrons. The van der Waals surface area contributed by atoms with Gasteiger partial charge in [-0.2, -0.15) is 0 Å². The van der Waals surface area contributed by atoms with E-state index in [1.54, 1.807) is 0 Å². The first-order chi connectivity index (χ1) is 10.6. The zero-order valence-corrected chi connectivity index (χ0v) is 12.5. The molecule has 2 aromatic rings. The van der Waals surface area contributed by atoms with Crippen LogP contribution in [-0.4, -0.2) is 22.2 Å². The molecule has 0 aliphatic carbocycles. The van der Waals surface area contributed by atoms with E-state index >= 15 is 0 Å². The Kier molecular flexibility index (Phi) is 7.40. The number of unbranched alkanes of at least 4 members (excludes halogenated alkanes) is 1. The number of carboxylic acids is 2. The molecule has 22 heavy (non-hydrogen) atoms. The van der Waals surface area contributed by atoms with Gasteiger partial charge in [0.1, 0.15) is 0 Å². The van der Waals surface area contributed by atoms with Gasteiger partial charge in [0.2, 0.25) is 0 Å². The van der Waals surface area contributed by atoms with Gasteiger partial charge in [0.05, 0.1) is 11.1 Å². The molecule has 0 spiro atoms. The van der Waals surface area contributed by atoms with Crippen LogP contribution in [0.3, 0.4) is 0 Å². The summed E-state index contributed by atoms with van der Waals surface area (Å²) in [5.74, 6) is -2.46. The lowest BCUT2D eigenvalue weighted by molar-refractivity contribution is 0.0651. The van der Waals surface area contributed by atoms with E-state index in [4.69, 9.17) is 10.2 Å². The summed E-state index contributed by atoms with van der Waals surface area (Å²) in [5, 5.41) is 17.1. The smallest absolute Gasteiger partial charge is 0.336 e. The van der Waals surface area contributed by atoms with Gasteiger partial charge in [0, 0.05) is 0 Å². The van der Waals surface area contributed by atoms with E-state index in [1.165, 1.54) is 49.1 Å². The quantitative estimate of drug-likeness (QED) is 0.871. The number of rotatable bonds is 5. The average Bonchev–Trinajstić information content (AvgIpc) is 2.54. The van der Waals surface area contributed by atoms with Crippen molar-refractivity contribution in [2.75, 3.05) is 0 Å². The molecule has 0 aliphatic heterocycles. The van der Waals surface area contributed by atoms with Crippen LogP contribution in [0.5, 0.6) is 0 Å². The predicted octanol–water partition coefficient (Wildman–Crippen LogP) is 4.11. The minimum absolute atomic E-state index is 0.190. The number of carbonyl (C=O) groups is 2. The third-order valence-corrected chi connectivity index (χ3v) is 3.05. The zero-order valence-electron chi connectivity index (χ0n) is 12.5. The van der Waals surface area contributed by atoms with Crippen LogP contribution in [0.2, 0.25) is 0 Å². The van der Waals surface area contributed by atoms with E-state index in [2.05, 4.69) is 37.3 Å². The van der Waals surface area contributed by atoms with Crippen molar-refractivity contribution in [3.8, 4) is 0 Å². The molecule has 0 amide bonds. The van der Waals surface area contributed by atoms with Crippen LogP contribution in [-0.2, 0) is 6.42 Å². The van der Waals surface area contributed by atoms with Crippen LogP contribution in [0.15, 0.2) is 54.6 Å². The van der Waals surface area contributed by atoms with E-state index in [1.807, 2.05) is 0 Å². The van der Waals surface area contributed by atoms with Crippen molar-refractivity contribution >= 4 is 11.9 Å². The van der Waals surface area contributed by atoms with Crippen molar-refractivity contribution in [2.24, 2.45) is 0 Å². The number of aromatic carboxylic acids is 2. The molecule has 0 unspecified atom stereocenters. The molecular weight excluding hydrogens is 280 g/mol. The first-order valence-electron chi connectivity index (χ1n) is 7.15. The van der Waals surface area contributed by atoms with Gasteiger partial charge in [-0.25, -0.2) is 9.59 Å². The maximum atomic E-state index is 10.5. The standard InChI is InChI=1S/C10H14.C8H6O4/c1-2-3-7-10-8-5-4-6-9-10;9-7(10)5-3-1-2-4-6(5)8(11)12/h4-6,8-9H,2-3,7H2,1H3;1-4H,(H,9,10)(H,11,12). The van der Waals surface area contributed by atoms with Gasteiger partial charge < -0.3 is 10.2 Å². The third kappa shape index (κ3) is 5.79. The number of hydrogen-bond donors (Lipinski definition) is 2. The lowest BCUT2D eigenvalue weighted by Crippen LogP contribution is -2.06. The average molecular weight is 300 g/mol. The highest BCUT2D eigenvalue weighted by Crippen LogP contribution is 2.07. The Balaban J connectivity index is 0.000000224. The Labute approximate surface area is 130 Å². The summed E-state index contributed by atoms with van der Waals surface area (Å²) in [4.78, 5) is 20.9. The molecule has 0 aromatic heterocycles. The van der Waals surface area contributed by atoms with Crippen LogP contribution in [0.25, 0.3) is 0 Å². The number of hydrogen-bond acceptors (Lipinski definition) is 2. The Bertz CT molecular complexity index is 572. The largest absolute Gasteiger partial charge is 0.478 e. The topological polar surface area (TPSA) is 74.6 Å². The molecule has 2 N–H and O–H groups in total. The molecular formula is C18H20O4. The minimum Gasteiger partial charge on any atom is -0.478 e. The fourth-order valence-electron chi connectivity index (χ4n) is 1.88. The first-order valence-corrected chi connectivity index (χ1v) is 7.15. The molecule has 4 heteroatoms. The van der Waals surface area contributed by atoms with Gasteiger partial charge in [0.15, 0.2) is 0 Å². The molecule has 0 atom stereocenters. The highest BCUT2D eigenvalue weighted by atomic mass is 16.4. The van der Waals surface area contributed by atoms with E-state index in [9.17, 15) is 9.59 Å². The fourth-order valence-corrected chi connectivity index (χ4v) is 1.88. The summed E-state index contributed by atoms with van der Waals surface area (Å²) in [6.07, 6.45) is 3.83. The second-order valence-electron chi connectivity index (χ2n) is 4.75. The van der Waals surface area contributed by atoms with Gasteiger partial charge >= 0.3 is 11.9 Å². The van der Waals surface area contributed by atoms with Gasteiger partial charge in [0.25, 0.3) is 0 Å². The SMILES string of the molecule is CCCCc1ccccc1.O=C(O)c1ccccc1C(=O)O. The Morgan fingerprint density at radius 1 is 0.818 bits per heavy atom. The monoisotopic (exact) mass is 300 g/mol. The normalized spacial score (nSPS) is 9.50. The minimum atomic E-state index is -1.23. The van der Waals surface area contributed by atoms with Crippen molar-refractivity contribution in [3.63, 3.8) is 0 Å². The molecule has 0 aliphatic rings. The fraction of sp³-hybridized carbons (Fsp3) is 0.222. The molecule has 0 saturated carbocycles. The first kappa shape index (κ1) is 17.4. The molecule has 0 bridgehead atoms. The summed E-state index contributed by atoms with van der Waals surface area (Å²) in [6, 6.07) is 16.1. The molecule has 0 saturated heterocycles. The molecule has 116 valence electrons. The summed E-state index contributed by atoms with van der Waals surface area (Å²) in [6.45, 7) is 2.23. The summed E-state index contributed by atoms with van der Waals surface area (Å²) >= 11 is 0. The van der Waals surface area contributed by atoms with Crippen LogP contribution in [0.4, 0.5) is 0 Å². The maximum absolute atomic E-state index is 10.5. The number of carboxylic acid groups (broad SMARTS) is 2. The Morgan fingerprint density at radius 3 is 1.68 bits per heavy atom. The van der Waals surface area contributed by atoms with Crippen molar-refractivity contribution in [3.05, 3.63) is 71.3 Å². The highest BCUT2D eigenvalue weighted by Gasteiger charge is 2.13. The highest BCUT2D eigenvalue weighted by molar-refractivity contribution is 6.01. The Morgan fingerprint density at radius 2 is 1.27 bits per heavy atom. The van der Waals surface area contributed by atoms with Crippen LogP contribution in [0.1, 0.15) is 46.0 Å². The lowest BCUT2D eigenvalue weighted by Gasteiger charge is -1.98. The van der Waals surface area contributed by atoms with E-state index in [-0.39, 0.29) is 11.1 Å². The second-order valence-corrected chi connectivity index (χ2v) is 4.75. The van der Waals surface area contributed by atoms with Gasteiger partial charge in [-0.05, 0) is 30.5 Å². The van der Waals surface area contributed by atoms with Crippen LogP contribution < -0.4 is 0 Å². The third-order valence-electron chi connectivity index (χ3n) is 3.05. The zero-order chi connectivity index (χ0) is 16.4. The molecule has 2 aromatic carbocycles. The van der Waals surface area contributed by atoms with Crippen LogP contribution in [0, 0.1) is 0 Å². The molecule has 0 heterocycles. The molecule has 2 rings (SSSR count). The van der Waals surface area contributed by atoms with Gasteiger partial charge in [-0.15, -0.1) is 0 Å². The van der Waals surface area contributed by atoms with Crippen molar-refractivity contribution in [1.29, 1.82) is 0 Å². The van der Waals surface area contributed by atoms with E-state index in [0.717, 1.165) is 0 Å². The van der Waals surface area contributed by atoms with Gasteiger partial charge in [-0.1, -0.05) is 55.8 Å². The summed E-state index contributed by atoms with van der Waals surface area (Å²) in [5.41, 5.74) is 1.08. The number of benzene rings is 2. The predicted molar refractivity (Wildman–Crippen MR) is 85.4 cm³/mol. The van der Waals surface area contributed by atoms with Crippen molar-refractivity contribution < 1.29 is 19.8 Å². The van der Waals surface area contributed by atoms with Crippen LogP contribution >= 0.6 is 0 Å². The van der Waals surface area contributed by atoms with Gasteiger partial charge in [-0.3, -0.25) is 0 Å². The summed E-state index contributed by atoms with van der Waals surface area (Å²) in [7, 11) is 0. The molecule has 0 fully saturated rings. The van der Waals surface area contributed by atoms with Crippen molar-refractivity contribution in [2.45, 2.75) is 26.2 Å². The van der Waals surface area contributed by atoms with E-state index < -0.39 is 11.9 Å². The van der Waals surface area contributed by atoms with E-state index in [0.29, 0.717) is 0 Å². The van der Waals surface area contributed by atoms with Crippen molar-refractivity contribution in [1.82, 2.24) is 0 Å². The second kappa shape index (κ2) is 9.34. The number of aryl methyl sites for hydroxylation is 1. The maximum Gasteiger partial charge on any atom is 0.336 e. The Hall–Kier alpha value is -2.62.